The van der Waals surface area contributed by atoms with Gasteiger partial charge in [-0.15, -0.1) is 0 Å². The Labute approximate surface area is 92.9 Å². The molecule has 0 aliphatic rings. The Hall–Kier alpha value is -2.02. The lowest BCUT2D eigenvalue weighted by molar-refractivity contribution is -0.135. The summed E-state index contributed by atoms with van der Waals surface area (Å²) in [6, 6.07) is 4.14. The number of carboxylic acids is 1. The number of aliphatic carboxylic acids is 1. The number of ether oxygens (including phenoxy) is 1. The molecule has 0 unspecified atom stereocenters. The highest BCUT2D eigenvalue weighted by Gasteiger charge is 2.02. The number of carbonyl (C=O) groups is 1. The number of carboxylic acid groups (broad SMARTS) is 1. The number of hydrogen-bond acceptors (Lipinski definition) is 2. The third kappa shape index (κ3) is 3.62. The summed E-state index contributed by atoms with van der Waals surface area (Å²) in [5, 5.41) is 8.37. The third-order valence-electron chi connectivity index (χ3n) is 1.89. The molecule has 0 heterocycles. The van der Waals surface area contributed by atoms with E-state index in [2.05, 4.69) is 11.8 Å². The van der Waals surface area contributed by atoms with Crippen molar-refractivity contribution < 1.29 is 19.0 Å². The summed E-state index contributed by atoms with van der Waals surface area (Å²) in [7, 11) is 1.49. The Bertz CT molecular complexity index is 443. The van der Waals surface area contributed by atoms with E-state index < -0.39 is 5.97 Å². The van der Waals surface area contributed by atoms with Crippen LogP contribution < -0.4 is 4.74 Å². The number of halogens is 1. The molecule has 1 rings (SSSR count). The molecule has 0 radical (unpaired) electrons. The predicted molar refractivity (Wildman–Crippen MR) is 56.7 cm³/mol. The van der Waals surface area contributed by atoms with E-state index in [0.717, 1.165) is 0 Å². The molecular weight excluding hydrogens is 211 g/mol. The molecule has 0 spiro atoms. The van der Waals surface area contributed by atoms with Crippen molar-refractivity contribution in [2.75, 3.05) is 7.11 Å². The lowest BCUT2D eigenvalue weighted by Crippen LogP contribution is -1.93. The van der Waals surface area contributed by atoms with Crippen molar-refractivity contribution in [2.24, 2.45) is 0 Å². The molecule has 0 saturated heterocycles. The topological polar surface area (TPSA) is 46.5 Å². The molecule has 1 aromatic rings. The monoisotopic (exact) mass is 222 g/mol. The van der Waals surface area contributed by atoms with E-state index in [1.165, 1.54) is 25.3 Å². The Morgan fingerprint density at radius 3 is 2.88 bits per heavy atom. The van der Waals surface area contributed by atoms with Gasteiger partial charge in [0.1, 0.15) is 18.0 Å². The summed E-state index contributed by atoms with van der Waals surface area (Å²) in [6.07, 6.45) is 0.0614. The van der Waals surface area contributed by atoms with Crippen molar-refractivity contribution in [3.8, 4) is 17.6 Å². The Balaban J connectivity index is 2.74. The van der Waals surface area contributed by atoms with Crippen molar-refractivity contribution in [3.63, 3.8) is 0 Å². The molecule has 3 nitrogen and oxygen atoms in total. The van der Waals surface area contributed by atoms with Gasteiger partial charge in [-0.05, 0) is 18.2 Å². The molecule has 0 aromatic heterocycles. The summed E-state index contributed by atoms with van der Waals surface area (Å²) in [5.41, 5.74) is 0.611. The van der Waals surface area contributed by atoms with Crippen LogP contribution >= 0.6 is 0 Å². The zero-order valence-corrected chi connectivity index (χ0v) is 8.79. The average Bonchev–Trinajstić information content (AvgIpc) is 2.24. The lowest BCUT2D eigenvalue weighted by atomic mass is 10.1. The minimum absolute atomic E-state index is 0.211. The van der Waals surface area contributed by atoms with E-state index in [9.17, 15) is 9.18 Å². The van der Waals surface area contributed by atoms with Crippen LogP contribution in [0.3, 0.4) is 0 Å². The zero-order valence-electron chi connectivity index (χ0n) is 8.79. The summed E-state index contributed by atoms with van der Waals surface area (Å²) in [4.78, 5) is 10.2. The molecule has 0 bridgehead atoms. The van der Waals surface area contributed by atoms with Gasteiger partial charge in [0.15, 0.2) is 0 Å². The smallest absolute Gasteiger partial charge is 0.315 e. The van der Waals surface area contributed by atoms with Crippen LogP contribution in [-0.2, 0) is 11.2 Å². The molecule has 0 atom stereocenters. The standard InChI is InChI=1S/C12H11FO3/c1-16-11-7-6-10(13)8-9(11)4-2-3-5-12(14)15/h6-8H,4-5H2,1H3,(H,14,15). The van der Waals surface area contributed by atoms with Gasteiger partial charge >= 0.3 is 5.97 Å². The van der Waals surface area contributed by atoms with Crippen LogP contribution in [0.5, 0.6) is 5.75 Å². The number of methoxy groups -OCH3 is 1. The molecule has 16 heavy (non-hydrogen) atoms. The fourth-order valence-electron chi connectivity index (χ4n) is 1.18. The highest BCUT2D eigenvalue weighted by atomic mass is 19.1. The molecule has 84 valence electrons. The van der Waals surface area contributed by atoms with Crippen LogP contribution in [0.25, 0.3) is 0 Å². The molecule has 0 aliphatic heterocycles. The van der Waals surface area contributed by atoms with Gasteiger partial charge < -0.3 is 9.84 Å². The van der Waals surface area contributed by atoms with Crippen molar-refractivity contribution >= 4 is 5.97 Å². The molecule has 1 N–H and O–H groups in total. The van der Waals surface area contributed by atoms with Crippen LogP contribution in [0.4, 0.5) is 4.39 Å². The van der Waals surface area contributed by atoms with Gasteiger partial charge in [0, 0.05) is 12.0 Å². The Morgan fingerprint density at radius 2 is 2.25 bits per heavy atom. The van der Waals surface area contributed by atoms with E-state index >= 15 is 0 Å². The van der Waals surface area contributed by atoms with Gasteiger partial charge in [-0.3, -0.25) is 4.79 Å². The second-order valence-electron chi connectivity index (χ2n) is 3.06. The van der Waals surface area contributed by atoms with E-state index in [-0.39, 0.29) is 18.7 Å². The van der Waals surface area contributed by atoms with E-state index in [1.54, 1.807) is 0 Å². The zero-order chi connectivity index (χ0) is 12.0. The van der Waals surface area contributed by atoms with Crippen LogP contribution in [0.2, 0.25) is 0 Å². The predicted octanol–water partition coefficient (Wildman–Crippen LogP) is 1.85. The molecule has 4 heteroatoms. The van der Waals surface area contributed by atoms with Crippen LogP contribution in [0, 0.1) is 17.7 Å². The average molecular weight is 222 g/mol. The number of hydrogen-bond donors (Lipinski definition) is 1. The van der Waals surface area contributed by atoms with Crippen molar-refractivity contribution in [2.45, 2.75) is 12.8 Å². The maximum Gasteiger partial charge on any atom is 0.315 e. The van der Waals surface area contributed by atoms with Crippen molar-refractivity contribution in [1.29, 1.82) is 0 Å². The quantitative estimate of drug-likeness (QED) is 0.794. The summed E-state index contributed by atoms with van der Waals surface area (Å²) in [5.74, 6) is 4.34. The summed E-state index contributed by atoms with van der Waals surface area (Å²) >= 11 is 0. The first-order valence-corrected chi connectivity index (χ1v) is 4.63. The first kappa shape index (κ1) is 12.1. The highest BCUT2D eigenvalue weighted by Crippen LogP contribution is 2.19. The minimum Gasteiger partial charge on any atom is -0.496 e. The normalized spacial score (nSPS) is 9.12. The molecule has 1 aromatic carbocycles. The minimum atomic E-state index is -0.973. The van der Waals surface area contributed by atoms with E-state index in [0.29, 0.717) is 11.3 Å². The molecule has 0 fully saturated rings. The second-order valence-corrected chi connectivity index (χ2v) is 3.06. The van der Waals surface area contributed by atoms with Gasteiger partial charge in [0.05, 0.1) is 7.11 Å². The van der Waals surface area contributed by atoms with Crippen molar-refractivity contribution in [3.05, 3.63) is 29.6 Å². The van der Waals surface area contributed by atoms with Gasteiger partial charge in [0.2, 0.25) is 0 Å². The van der Waals surface area contributed by atoms with Crippen molar-refractivity contribution in [1.82, 2.24) is 0 Å². The lowest BCUT2D eigenvalue weighted by Gasteiger charge is -2.04. The van der Waals surface area contributed by atoms with Gasteiger partial charge in [-0.2, -0.15) is 0 Å². The van der Waals surface area contributed by atoms with E-state index in [1.807, 2.05) is 0 Å². The fraction of sp³-hybridized carbons (Fsp3) is 0.250. The second kappa shape index (κ2) is 5.76. The molecule has 0 saturated carbocycles. The SMILES string of the molecule is COc1ccc(F)cc1CC#CCC(=O)O. The third-order valence-corrected chi connectivity index (χ3v) is 1.89. The Kier molecular flexibility index (Phi) is 4.34. The number of rotatable bonds is 3. The molecule has 0 amide bonds. The van der Waals surface area contributed by atoms with Gasteiger partial charge in [-0.25, -0.2) is 4.39 Å². The largest absolute Gasteiger partial charge is 0.496 e. The molecule has 0 aliphatic carbocycles. The van der Waals surface area contributed by atoms with Crippen LogP contribution in [0.1, 0.15) is 12.0 Å². The van der Waals surface area contributed by atoms with E-state index in [4.69, 9.17) is 9.84 Å². The molecular formula is C12H11FO3. The number of benzene rings is 1. The van der Waals surface area contributed by atoms with Crippen LogP contribution in [0.15, 0.2) is 18.2 Å². The first-order valence-electron chi connectivity index (χ1n) is 4.63. The summed E-state index contributed by atoms with van der Waals surface area (Å²) in [6.45, 7) is 0. The van der Waals surface area contributed by atoms with Crippen LogP contribution in [-0.4, -0.2) is 18.2 Å². The maximum absolute atomic E-state index is 12.9. The Morgan fingerprint density at radius 1 is 1.50 bits per heavy atom. The fourth-order valence-corrected chi connectivity index (χ4v) is 1.18. The first-order chi connectivity index (χ1) is 7.63. The van der Waals surface area contributed by atoms with Gasteiger partial charge in [0.25, 0.3) is 0 Å². The maximum atomic E-state index is 12.9. The summed E-state index contributed by atoms with van der Waals surface area (Å²) < 4.78 is 18.0. The van der Waals surface area contributed by atoms with Gasteiger partial charge in [-0.1, -0.05) is 11.8 Å². The highest BCUT2D eigenvalue weighted by molar-refractivity contribution is 5.69.